The van der Waals surface area contributed by atoms with E-state index >= 15 is 0 Å². The second kappa shape index (κ2) is 7.33. The Morgan fingerprint density at radius 2 is 1.56 bits per heavy atom. The smallest absolute Gasteiger partial charge is 0.321 e. The van der Waals surface area contributed by atoms with Gasteiger partial charge in [-0.25, -0.2) is 4.79 Å². The number of esters is 1. The molecule has 27 heavy (non-hydrogen) atoms. The molecule has 4 aliphatic rings. The van der Waals surface area contributed by atoms with Gasteiger partial charge in [-0.05, 0) is 61.8 Å². The lowest BCUT2D eigenvalue weighted by molar-refractivity contribution is -0.173. The van der Waals surface area contributed by atoms with Crippen LogP contribution in [0.3, 0.4) is 0 Å². The minimum Gasteiger partial charge on any atom is -0.455 e. The second-order valence-corrected chi connectivity index (χ2v) is 8.49. The summed E-state index contributed by atoms with van der Waals surface area (Å²) in [6.07, 6.45) is 6.43. The summed E-state index contributed by atoms with van der Waals surface area (Å²) in [4.78, 5) is 36.5. The van der Waals surface area contributed by atoms with E-state index in [9.17, 15) is 14.4 Å². The van der Waals surface area contributed by atoms with Crippen molar-refractivity contribution in [3.05, 3.63) is 35.9 Å². The van der Waals surface area contributed by atoms with Crippen molar-refractivity contribution in [3.8, 4) is 0 Å². The van der Waals surface area contributed by atoms with Gasteiger partial charge in [0.15, 0.2) is 6.61 Å². The zero-order chi connectivity index (χ0) is 18.9. The lowest BCUT2D eigenvalue weighted by Crippen LogP contribution is -2.51. The van der Waals surface area contributed by atoms with Crippen LogP contribution in [-0.2, 0) is 20.9 Å². The normalized spacial score (nSPS) is 30.6. The van der Waals surface area contributed by atoms with Crippen LogP contribution in [0.2, 0.25) is 0 Å². The summed E-state index contributed by atoms with van der Waals surface area (Å²) in [6, 6.07) is 8.83. The number of nitrogens with one attached hydrogen (secondary N) is 2. The van der Waals surface area contributed by atoms with Crippen LogP contribution in [0.5, 0.6) is 0 Å². The molecule has 0 heterocycles. The number of rotatable bonds is 5. The average Bonchev–Trinajstić information content (AvgIpc) is 2.64. The molecule has 0 radical (unpaired) electrons. The zero-order valence-corrected chi connectivity index (χ0v) is 15.4. The molecule has 4 bridgehead atoms. The molecule has 3 amide bonds. The standard InChI is InChI=1S/C21H26N2O4/c24-18(23-20(26)22-12-14-4-2-1-3-5-14)13-27-19(25)21-9-15-6-16(10-21)8-17(7-15)11-21/h1-5,15-17H,6-13H2,(H2,22,23,24,26). The summed E-state index contributed by atoms with van der Waals surface area (Å²) in [5.74, 6) is 1.07. The molecule has 0 spiro atoms. The number of benzene rings is 1. The van der Waals surface area contributed by atoms with Crippen LogP contribution in [-0.4, -0.2) is 24.5 Å². The fraction of sp³-hybridized carbons (Fsp3) is 0.571. The maximum Gasteiger partial charge on any atom is 0.321 e. The van der Waals surface area contributed by atoms with Crippen molar-refractivity contribution < 1.29 is 19.1 Å². The highest BCUT2D eigenvalue weighted by molar-refractivity contribution is 5.95. The van der Waals surface area contributed by atoms with E-state index < -0.39 is 18.5 Å². The number of carbonyl (C=O) groups is 3. The number of carbonyl (C=O) groups excluding carboxylic acids is 3. The summed E-state index contributed by atoms with van der Waals surface area (Å²) in [6.45, 7) is -0.0770. The van der Waals surface area contributed by atoms with Gasteiger partial charge in [-0.2, -0.15) is 0 Å². The monoisotopic (exact) mass is 370 g/mol. The average molecular weight is 370 g/mol. The first-order valence-electron chi connectivity index (χ1n) is 9.81. The molecule has 0 atom stereocenters. The molecule has 4 saturated carbocycles. The third kappa shape index (κ3) is 3.99. The fourth-order valence-corrected chi connectivity index (χ4v) is 5.63. The van der Waals surface area contributed by atoms with E-state index in [0.717, 1.165) is 24.8 Å². The Balaban J connectivity index is 1.22. The van der Waals surface area contributed by atoms with E-state index in [1.807, 2.05) is 30.3 Å². The van der Waals surface area contributed by atoms with E-state index in [4.69, 9.17) is 4.74 Å². The molecule has 0 aliphatic heterocycles. The third-order valence-electron chi connectivity index (χ3n) is 6.35. The van der Waals surface area contributed by atoms with Gasteiger partial charge < -0.3 is 10.1 Å². The van der Waals surface area contributed by atoms with Gasteiger partial charge in [-0.15, -0.1) is 0 Å². The topological polar surface area (TPSA) is 84.5 Å². The van der Waals surface area contributed by atoms with Gasteiger partial charge in [0, 0.05) is 6.54 Å². The zero-order valence-electron chi connectivity index (χ0n) is 15.4. The SMILES string of the molecule is O=C(COC(=O)C12CC3CC(CC(C3)C1)C2)NC(=O)NCc1ccccc1. The number of ether oxygens (including phenoxy) is 1. The van der Waals surface area contributed by atoms with Crippen LogP contribution in [0.1, 0.15) is 44.1 Å². The summed E-state index contributed by atoms with van der Waals surface area (Å²) in [5.41, 5.74) is 0.554. The molecule has 144 valence electrons. The lowest BCUT2D eigenvalue weighted by atomic mass is 9.49. The fourth-order valence-electron chi connectivity index (χ4n) is 5.63. The molecule has 6 nitrogen and oxygen atoms in total. The molecule has 5 rings (SSSR count). The highest BCUT2D eigenvalue weighted by Crippen LogP contribution is 2.60. The Morgan fingerprint density at radius 3 is 2.15 bits per heavy atom. The Kier molecular flexibility index (Phi) is 4.89. The van der Waals surface area contributed by atoms with Crippen molar-refractivity contribution in [1.82, 2.24) is 10.6 Å². The molecule has 2 N–H and O–H groups in total. The number of imide groups is 1. The van der Waals surface area contributed by atoms with Crippen molar-refractivity contribution in [2.75, 3.05) is 6.61 Å². The Labute approximate surface area is 159 Å². The van der Waals surface area contributed by atoms with Crippen LogP contribution in [0.25, 0.3) is 0 Å². The van der Waals surface area contributed by atoms with E-state index in [1.165, 1.54) is 19.3 Å². The lowest BCUT2D eigenvalue weighted by Gasteiger charge is -2.55. The van der Waals surface area contributed by atoms with Gasteiger partial charge in [-0.1, -0.05) is 30.3 Å². The molecule has 4 fully saturated rings. The van der Waals surface area contributed by atoms with Crippen LogP contribution < -0.4 is 10.6 Å². The first-order valence-corrected chi connectivity index (χ1v) is 9.81. The molecule has 1 aromatic carbocycles. The maximum atomic E-state index is 12.7. The number of amides is 3. The summed E-state index contributed by atoms with van der Waals surface area (Å²) < 4.78 is 5.32. The van der Waals surface area contributed by atoms with Crippen molar-refractivity contribution in [2.24, 2.45) is 23.2 Å². The van der Waals surface area contributed by atoms with Gasteiger partial charge >= 0.3 is 12.0 Å². The molecule has 0 unspecified atom stereocenters. The van der Waals surface area contributed by atoms with Crippen molar-refractivity contribution in [3.63, 3.8) is 0 Å². The molecule has 0 aromatic heterocycles. The highest BCUT2D eigenvalue weighted by Gasteiger charge is 2.55. The van der Waals surface area contributed by atoms with Crippen molar-refractivity contribution in [2.45, 2.75) is 45.1 Å². The van der Waals surface area contributed by atoms with Gasteiger partial charge in [0.1, 0.15) is 0 Å². The van der Waals surface area contributed by atoms with E-state index in [1.54, 1.807) is 0 Å². The van der Waals surface area contributed by atoms with Crippen LogP contribution in [0.4, 0.5) is 4.79 Å². The highest BCUT2D eigenvalue weighted by atomic mass is 16.5. The van der Waals surface area contributed by atoms with Crippen molar-refractivity contribution in [1.29, 1.82) is 0 Å². The predicted octanol–water partition coefficient (Wildman–Crippen LogP) is 2.77. The quantitative estimate of drug-likeness (QED) is 0.781. The summed E-state index contributed by atoms with van der Waals surface area (Å²) in [5, 5.41) is 4.83. The molecule has 0 saturated heterocycles. The number of urea groups is 1. The number of hydrogen-bond acceptors (Lipinski definition) is 4. The Bertz CT molecular complexity index is 696. The van der Waals surface area contributed by atoms with E-state index in [2.05, 4.69) is 10.6 Å². The Hall–Kier alpha value is -2.37. The van der Waals surface area contributed by atoms with Gasteiger partial charge in [0.05, 0.1) is 5.41 Å². The largest absolute Gasteiger partial charge is 0.455 e. The predicted molar refractivity (Wildman–Crippen MR) is 98.4 cm³/mol. The minimum atomic E-state index is -0.598. The molecular weight excluding hydrogens is 344 g/mol. The van der Waals surface area contributed by atoms with Crippen molar-refractivity contribution >= 4 is 17.9 Å². The van der Waals surface area contributed by atoms with Crippen LogP contribution >= 0.6 is 0 Å². The first-order chi connectivity index (χ1) is 13.0. The third-order valence-corrected chi connectivity index (χ3v) is 6.35. The van der Waals surface area contributed by atoms with Gasteiger partial charge in [0.2, 0.25) is 0 Å². The van der Waals surface area contributed by atoms with Gasteiger partial charge in [0.25, 0.3) is 5.91 Å². The molecule has 6 heteroatoms. The first kappa shape index (κ1) is 18.0. The summed E-state index contributed by atoms with van der Waals surface area (Å²) >= 11 is 0. The Morgan fingerprint density at radius 1 is 0.963 bits per heavy atom. The molecule has 4 aliphatic carbocycles. The minimum absolute atomic E-state index is 0.249. The summed E-state index contributed by atoms with van der Waals surface area (Å²) in [7, 11) is 0. The number of hydrogen-bond donors (Lipinski definition) is 2. The molecule has 1 aromatic rings. The van der Waals surface area contributed by atoms with Crippen LogP contribution in [0.15, 0.2) is 30.3 Å². The second-order valence-electron chi connectivity index (χ2n) is 8.49. The van der Waals surface area contributed by atoms with Gasteiger partial charge in [-0.3, -0.25) is 14.9 Å². The van der Waals surface area contributed by atoms with E-state index in [0.29, 0.717) is 24.3 Å². The van der Waals surface area contributed by atoms with E-state index in [-0.39, 0.29) is 11.4 Å². The molecular formula is C21H26N2O4. The van der Waals surface area contributed by atoms with Crippen LogP contribution in [0, 0.1) is 23.2 Å². The maximum absolute atomic E-state index is 12.7.